The maximum atomic E-state index is 12.0. The van der Waals surface area contributed by atoms with Crippen molar-refractivity contribution in [3.63, 3.8) is 0 Å². The number of Topliss-reactive ketones (excluding diaryl/α,β-unsaturated/α-hetero) is 1. The van der Waals surface area contributed by atoms with Gasteiger partial charge < -0.3 is 0 Å². The lowest BCUT2D eigenvalue weighted by atomic mass is 10.1. The third-order valence-electron chi connectivity index (χ3n) is 3.01. The van der Waals surface area contributed by atoms with E-state index in [4.69, 9.17) is 4.84 Å². The van der Waals surface area contributed by atoms with Crippen LogP contribution in [0.15, 0.2) is 54.6 Å². The third-order valence-corrected chi connectivity index (χ3v) is 4.44. The van der Waals surface area contributed by atoms with Gasteiger partial charge in [0.1, 0.15) is 6.61 Å². The van der Waals surface area contributed by atoms with Gasteiger partial charge in [0.15, 0.2) is 5.78 Å². The second-order valence-corrected chi connectivity index (χ2v) is 7.21. The summed E-state index contributed by atoms with van der Waals surface area (Å²) < 4.78 is 24.8. The Morgan fingerprint density at radius 3 is 2.22 bits per heavy atom. The average molecular weight is 398 g/mol. The molecule has 0 N–H and O–H groups in total. The minimum Gasteiger partial charge on any atom is -0.293 e. The summed E-state index contributed by atoms with van der Waals surface area (Å²) in [6, 6.07) is 15.5. The van der Waals surface area contributed by atoms with E-state index in [1.165, 1.54) is 0 Å². The zero-order valence-corrected chi connectivity index (χ0v) is 14.9. The topological polar surface area (TPSA) is 63.7 Å². The zero-order chi connectivity index (χ0) is 16.9. The van der Waals surface area contributed by atoms with Crippen molar-refractivity contribution in [2.75, 3.05) is 16.1 Å². The number of rotatable bonds is 7. The van der Waals surface area contributed by atoms with Gasteiger partial charge in [-0.05, 0) is 29.8 Å². The van der Waals surface area contributed by atoms with Crippen molar-refractivity contribution in [2.24, 2.45) is 0 Å². The highest BCUT2D eigenvalue weighted by Crippen LogP contribution is 2.20. The summed E-state index contributed by atoms with van der Waals surface area (Å²) in [4.78, 5) is 17.0. The van der Waals surface area contributed by atoms with Crippen LogP contribution >= 0.6 is 15.9 Å². The summed E-state index contributed by atoms with van der Waals surface area (Å²) in [6.07, 6.45) is 1.07. The van der Waals surface area contributed by atoms with Crippen molar-refractivity contribution >= 4 is 37.4 Å². The van der Waals surface area contributed by atoms with Gasteiger partial charge in [-0.1, -0.05) is 46.3 Å². The van der Waals surface area contributed by atoms with E-state index in [0.717, 1.165) is 16.3 Å². The van der Waals surface area contributed by atoms with Gasteiger partial charge in [-0.3, -0.25) is 9.63 Å². The molecule has 0 atom stereocenters. The summed E-state index contributed by atoms with van der Waals surface area (Å²) in [7, 11) is -3.61. The van der Waals surface area contributed by atoms with Crippen LogP contribution in [0.5, 0.6) is 0 Å². The van der Waals surface area contributed by atoms with Gasteiger partial charge in [0, 0.05) is 5.56 Å². The molecule has 0 radical (unpaired) electrons. The number of hydrogen-bond donors (Lipinski definition) is 0. The van der Waals surface area contributed by atoms with Crippen LogP contribution in [0.25, 0.3) is 0 Å². The van der Waals surface area contributed by atoms with Crippen molar-refractivity contribution in [3.05, 3.63) is 65.7 Å². The number of sulfonamides is 1. The van der Waals surface area contributed by atoms with Gasteiger partial charge in [0.25, 0.3) is 10.0 Å². The standard InChI is InChI=1S/C16H16BrNO4S/c1-23(20,21)18(22-12-13-5-3-2-4-6-13)15-9-7-14(8-10-15)16(19)11-17/h2-10H,11-12H2,1H3. The number of anilines is 1. The van der Waals surface area contributed by atoms with E-state index in [1.54, 1.807) is 24.3 Å². The summed E-state index contributed by atoms with van der Waals surface area (Å²) in [6.45, 7) is 0.121. The number of carbonyl (C=O) groups is 1. The first-order chi connectivity index (χ1) is 10.9. The molecule has 0 unspecified atom stereocenters. The van der Waals surface area contributed by atoms with Crippen LogP contribution in [-0.4, -0.2) is 25.8 Å². The van der Waals surface area contributed by atoms with E-state index < -0.39 is 10.0 Å². The molecule has 5 nitrogen and oxygen atoms in total. The molecule has 0 heterocycles. The van der Waals surface area contributed by atoms with Gasteiger partial charge in [-0.2, -0.15) is 0 Å². The number of carbonyl (C=O) groups excluding carboxylic acids is 1. The predicted molar refractivity (Wildman–Crippen MR) is 93.1 cm³/mol. The molecule has 0 spiro atoms. The van der Waals surface area contributed by atoms with E-state index in [9.17, 15) is 13.2 Å². The molecule has 2 aromatic rings. The molecule has 7 heteroatoms. The lowest BCUT2D eigenvalue weighted by molar-refractivity contribution is 0.102. The molecule has 0 aliphatic rings. The SMILES string of the molecule is CS(=O)(=O)N(OCc1ccccc1)c1ccc(C(=O)CBr)cc1. The van der Waals surface area contributed by atoms with Crippen LogP contribution in [0.2, 0.25) is 0 Å². The maximum Gasteiger partial charge on any atom is 0.254 e. The lowest BCUT2D eigenvalue weighted by Gasteiger charge is -2.21. The second-order valence-electron chi connectivity index (χ2n) is 4.85. The van der Waals surface area contributed by atoms with E-state index in [1.807, 2.05) is 30.3 Å². The second kappa shape index (κ2) is 7.72. The Kier molecular flexibility index (Phi) is 5.92. The van der Waals surface area contributed by atoms with Crippen molar-refractivity contribution in [1.82, 2.24) is 0 Å². The molecule has 0 saturated carbocycles. The fourth-order valence-electron chi connectivity index (χ4n) is 1.92. The molecule has 0 aliphatic carbocycles. The van der Waals surface area contributed by atoms with Gasteiger partial charge in [-0.15, -0.1) is 4.47 Å². The Labute approximate surface area is 144 Å². The Hall–Kier alpha value is -1.70. The van der Waals surface area contributed by atoms with E-state index in [0.29, 0.717) is 11.3 Å². The Morgan fingerprint density at radius 1 is 1.09 bits per heavy atom. The minimum atomic E-state index is -3.61. The maximum absolute atomic E-state index is 12.0. The van der Waals surface area contributed by atoms with Crippen LogP contribution in [0.4, 0.5) is 5.69 Å². The lowest BCUT2D eigenvalue weighted by Crippen LogP contribution is -2.30. The summed E-state index contributed by atoms with van der Waals surface area (Å²) >= 11 is 3.10. The van der Waals surface area contributed by atoms with Gasteiger partial charge in [0.2, 0.25) is 0 Å². The molecule has 23 heavy (non-hydrogen) atoms. The predicted octanol–water partition coefficient (Wildman–Crippen LogP) is 3.16. The zero-order valence-electron chi connectivity index (χ0n) is 12.5. The molecule has 0 bridgehead atoms. The van der Waals surface area contributed by atoms with Gasteiger partial charge in [0.05, 0.1) is 17.3 Å². The number of benzene rings is 2. The number of alkyl halides is 1. The molecule has 0 fully saturated rings. The normalized spacial score (nSPS) is 11.2. The first-order valence-electron chi connectivity index (χ1n) is 6.78. The first-order valence-corrected chi connectivity index (χ1v) is 9.75. The van der Waals surface area contributed by atoms with Crippen molar-refractivity contribution in [2.45, 2.75) is 6.61 Å². The molecule has 0 aliphatic heterocycles. The van der Waals surface area contributed by atoms with Crippen LogP contribution in [0.1, 0.15) is 15.9 Å². The largest absolute Gasteiger partial charge is 0.293 e. The van der Waals surface area contributed by atoms with Crippen molar-refractivity contribution in [1.29, 1.82) is 0 Å². The molecule has 0 aromatic heterocycles. The Bertz CT molecular complexity index is 760. The number of halogens is 1. The molecular weight excluding hydrogens is 382 g/mol. The summed E-state index contributed by atoms with van der Waals surface area (Å²) in [5.41, 5.74) is 1.70. The Morgan fingerprint density at radius 2 is 1.70 bits per heavy atom. The van der Waals surface area contributed by atoms with E-state index in [-0.39, 0.29) is 17.7 Å². The third kappa shape index (κ3) is 4.89. The van der Waals surface area contributed by atoms with Gasteiger partial charge >= 0.3 is 0 Å². The monoisotopic (exact) mass is 397 g/mol. The molecule has 2 rings (SSSR count). The molecule has 0 saturated heterocycles. The molecule has 0 amide bonds. The minimum absolute atomic E-state index is 0.0762. The van der Waals surface area contributed by atoms with Crippen molar-refractivity contribution < 1.29 is 18.0 Å². The van der Waals surface area contributed by atoms with Crippen LogP contribution in [0, 0.1) is 0 Å². The Balaban J connectivity index is 2.20. The van der Waals surface area contributed by atoms with Crippen LogP contribution in [-0.2, 0) is 21.5 Å². The van der Waals surface area contributed by atoms with Crippen LogP contribution < -0.4 is 4.47 Å². The number of hydrogen-bond acceptors (Lipinski definition) is 4. The summed E-state index contributed by atoms with van der Waals surface area (Å²) in [5.74, 6) is -0.0762. The van der Waals surface area contributed by atoms with E-state index >= 15 is 0 Å². The van der Waals surface area contributed by atoms with E-state index in [2.05, 4.69) is 15.9 Å². The molecule has 122 valence electrons. The van der Waals surface area contributed by atoms with Crippen molar-refractivity contribution in [3.8, 4) is 0 Å². The number of ketones is 1. The average Bonchev–Trinajstić information content (AvgIpc) is 2.54. The quantitative estimate of drug-likeness (QED) is 0.408. The van der Waals surface area contributed by atoms with Gasteiger partial charge in [-0.25, -0.2) is 8.42 Å². The fourth-order valence-corrected chi connectivity index (χ4v) is 2.99. The highest BCUT2D eigenvalue weighted by atomic mass is 79.9. The first kappa shape index (κ1) is 17.7. The van der Waals surface area contributed by atoms with Crippen LogP contribution in [0.3, 0.4) is 0 Å². The molecule has 2 aromatic carbocycles. The highest BCUT2D eigenvalue weighted by molar-refractivity contribution is 9.09. The smallest absolute Gasteiger partial charge is 0.254 e. The molecular formula is C16H16BrNO4S. The number of nitrogens with zero attached hydrogens (tertiary/aromatic N) is 1. The fraction of sp³-hybridized carbons (Fsp3) is 0.188. The summed E-state index contributed by atoms with van der Waals surface area (Å²) in [5, 5.41) is 0.215. The highest BCUT2D eigenvalue weighted by Gasteiger charge is 2.19.